The first-order chi connectivity index (χ1) is 19.8. The molecule has 214 valence electrons. The van der Waals surface area contributed by atoms with Gasteiger partial charge in [0.05, 0.1) is 36.3 Å². The number of rotatable bonds is 7. The lowest BCUT2D eigenvalue weighted by Gasteiger charge is -2.17. The van der Waals surface area contributed by atoms with Crippen LogP contribution in [0.2, 0.25) is 0 Å². The van der Waals surface area contributed by atoms with Gasteiger partial charge in [-0.2, -0.15) is 0 Å². The van der Waals surface area contributed by atoms with Crippen LogP contribution in [0.3, 0.4) is 0 Å². The number of aryl methyl sites for hydroxylation is 3. The third-order valence-corrected chi connectivity index (χ3v) is 9.45. The molecule has 0 aromatic carbocycles. The van der Waals surface area contributed by atoms with Crippen molar-refractivity contribution in [1.29, 1.82) is 0 Å². The highest BCUT2D eigenvalue weighted by molar-refractivity contribution is 6.13. The zero-order valence-corrected chi connectivity index (χ0v) is 25.2. The van der Waals surface area contributed by atoms with Gasteiger partial charge < -0.3 is 9.97 Å². The van der Waals surface area contributed by atoms with Gasteiger partial charge in [0.1, 0.15) is 0 Å². The van der Waals surface area contributed by atoms with Gasteiger partial charge in [-0.1, -0.05) is 20.8 Å². The summed E-state index contributed by atoms with van der Waals surface area (Å²) in [6.07, 6.45) is 3.94. The van der Waals surface area contributed by atoms with E-state index >= 15 is 0 Å². The number of hydrogen-bond donors (Lipinski definition) is 2. The second-order valence-electron chi connectivity index (χ2n) is 11.6. The SMILES string of the molecule is CCC1=C(C)c2cc3[nH]c(cc4nc(c5c6[nH]c(cc1n2)c(C)c6C(=O)C5)[C@@H](CCCOOC)[C@@H]4C)c(C)c3CC. The quantitative estimate of drug-likeness (QED) is 0.177. The Morgan fingerprint density at radius 1 is 0.951 bits per heavy atom. The molecule has 0 saturated heterocycles. The van der Waals surface area contributed by atoms with Gasteiger partial charge in [0.15, 0.2) is 5.78 Å². The van der Waals surface area contributed by atoms with Crippen LogP contribution < -0.4 is 0 Å². The standard InChI is InChI=1S/C34H40N4O3/c1-8-21-17(3)25-14-27-19(5)23(11-10-12-41-40-7)33(37-27)24-13-31(39)32-20(6)28(38-34(24)32)16-30-22(9-2)18(4)26(36-30)15-29(21)35-25/h14-16,19,23,35,38H,8-13H2,1-7H3/t19-,23-/m0/s1. The summed E-state index contributed by atoms with van der Waals surface area (Å²) in [6.45, 7) is 13.6. The first kappa shape index (κ1) is 27.6. The van der Waals surface area contributed by atoms with Crippen molar-refractivity contribution in [3.05, 3.63) is 68.8 Å². The van der Waals surface area contributed by atoms with E-state index in [2.05, 4.69) is 62.8 Å². The van der Waals surface area contributed by atoms with Gasteiger partial charge in [-0.05, 0) is 92.5 Å². The van der Waals surface area contributed by atoms with E-state index in [1.54, 1.807) is 0 Å². The Hall–Kier alpha value is -3.55. The van der Waals surface area contributed by atoms with E-state index in [1.807, 2.05) is 6.92 Å². The molecule has 41 heavy (non-hydrogen) atoms. The zero-order chi connectivity index (χ0) is 29.0. The van der Waals surface area contributed by atoms with Crippen LogP contribution in [0.25, 0.3) is 33.2 Å². The van der Waals surface area contributed by atoms with Crippen LogP contribution in [0.15, 0.2) is 18.2 Å². The lowest BCUT2D eigenvalue weighted by Crippen LogP contribution is -2.07. The Bertz CT molecular complexity index is 1760. The number of aromatic amines is 2. The minimum Gasteiger partial charge on any atom is -0.355 e. The van der Waals surface area contributed by atoms with E-state index in [1.165, 1.54) is 29.4 Å². The van der Waals surface area contributed by atoms with Crippen molar-refractivity contribution in [2.24, 2.45) is 0 Å². The Kier molecular flexibility index (Phi) is 7.20. The number of aromatic nitrogens is 4. The number of carbonyl (C=O) groups excluding carboxylic acids is 1. The van der Waals surface area contributed by atoms with Crippen molar-refractivity contribution in [2.45, 2.75) is 85.5 Å². The highest BCUT2D eigenvalue weighted by Gasteiger charge is 2.35. The molecule has 5 heterocycles. The lowest BCUT2D eigenvalue weighted by molar-refractivity contribution is -0.272. The molecule has 0 saturated carbocycles. The first-order valence-corrected chi connectivity index (χ1v) is 14.9. The van der Waals surface area contributed by atoms with E-state index in [4.69, 9.17) is 19.7 Å². The fraction of sp³-hybridized carbons (Fsp3) is 0.441. The van der Waals surface area contributed by atoms with Crippen molar-refractivity contribution in [2.75, 3.05) is 13.7 Å². The molecule has 1 aliphatic carbocycles. The molecule has 0 amide bonds. The number of allylic oxidation sites excluding steroid dienone is 2. The molecule has 0 fully saturated rings. The molecule has 0 radical (unpaired) electrons. The van der Waals surface area contributed by atoms with Crippen molar-refractivity contribution < 1.29 is 14.6 Å². The van der Waals surface area contributed by atoms with Crippen molar-refractivity contribution in [1.82, 2.24) is 19.9 Å². The third-order valence-electron chi connectivity index (χ3n) is 9.45. The minimum atomic E-state index is 0.160. The van der Waals surface area contributed by atoms with Crippen LogP contribution in [0.1, 0.15) is 114 Å². The van der Waals surface area contributed by atoms with Crippen molar-refractivity contribution in [3.8, 4) is 0 Å². The van der Waals surface area contributed by atoms with Gasteiger partial charge in [-0.25, -0.2) is 14.8 Å². The number of hydrogen-bond acceptors (Lipinski definition) is 5. The largest absolute Gasteiger partial charge is 0.355 e. The van der Waals surface area contributed by atoms with E-state index < -0.39 is 0 Å². The second-order valence-corrected chi connectivity index (χ2v) is 11.6. The topological polar surface area (TPSA) is 92.9 Å². The number of fused-ring (bicyclic) bond motifs is 8. The maximum absolute atomic E-state index is 13.5. The van der Waals surface area contributed by atoms with Gasteiger partial charge >= 0.3 is 0 Å². The molecule has 7 nitrogen and oxygen atoms in total. The van der Waals surface area contributed by atoms with Gasteiger partial charge in [0.2, 0.25) is 0 Å². The molecule has 2 atom stereocenters. The fourth-order valence-electron chi connectivity index (χ4n) is 7.10. The molecule has 7 heteroatoms. The summed E-state index contributed by atoms with van der Waals surface area (Å²) in [5.41, 5.74) is 15.9. The fourth-order valence-corrected chi connectivity index (χ4v) is 7.10. The average Bonchev–Trinajstić information content (AvgIpc) is 3.69. The minimum absolute atomic E-state index is 0.160. The number of ketones is 1. The Morgan fingerprint density at radius 3 is 2.44 bits per heavy atom. The Balaban J connectivity index is 1.71. The lowest BCUT2D eigenvalue weighted by atomic mass is 9.86. The van der Waals surface area contributed by atoms with Crippen LogP contribution in [0.4, 0.5) is 0 Å². The number of Topliss-reactive ketones (excluding diaryl/α,β-unsaturated/α-hetero) is 1. The maximum Gasteiger partial charge on any atom is 0.169 e. The molecule has 0 spiro atoms. The van der Waals surface area contributed by atoms with Crippen LogP contribution in [0.5, 0.6) is 0 Å². The summed E-state index contributed by atoms with van der Waals surface area (Å²) in [5.74, 6) is 0.542. The average molecular weight is 553 g/mol. The summed E-state index contributed by atoms with van der Waals surface area (Å²) in [5, 5.41) is 0. The molecule has 3 aromatic heterocycles. The number of nitrogens with one attached hydrogen (secondary N) is 2. The number of carbonyl (C=O) groups is 1. The van der Waals surface area contributed by atoms with Crippen molar-refractivity contribution >= 4 is 39.0 Å². The number of nitrogens with zero attached hydrogens (tertiary/aromatic N) is 2. The predicted octanol–water partition coefficient (Wildman–Crippen LogP) is 7.82. The molecule has 0 unspecified atom stereocenters. The van der Waals surface area contributed by atoms with E-state index in [9.17, 15) is 4.79 Å². The summed E-state index contributed by atoms with van der Waals surface area (Å²) in [6, 6.07) is 6.55. The van der Waals surface area contributed by atoms with E-state index in [-0.39, 0.29) is 17.6 Å². The Labute approximate surface area is 241 Å². The van der Waals surface area contributed by atoms with Gasteiger partial charge in [0.25, 0.3) is 0 Å². The number of H-pyrrole nitrogens is 2. The zero-order valence-electron chi connectivity index (χ0n) is 25.2. The molecule has 8 bridgehead atoms. The van der Waals surface area contributed by atoms with E-state index in [0.717, 1.165) is 87.2 Å². The molecule has 2 N–H and O–H groups in total. The predicted molar refractivity (Wildman–Crippen MR) is 164 cm³/mol. The molecular formula is C34H40N4O3. The first-order valence-electron chi connectivity index (χ1n) is 14.9. The Morgan fingerprint density at radius 2 is 1.71 bits per heavy atom. The van der Waals surface area contributed by atoms with Crippen molar-refractivity contribution in [3.63, 3.8) is 0 Å². The van der Waals surface area contributed by atoms with Gasteiger partial charge in [-0.15, -0.1) is 0 Å². The summed E-state index contributed by atoms with van der Waals surface area (Å²) in [4.78, 5) is 41.3. The monoisotopic (exact) mass is 552 g/mol. The second kappa shape index (κ2) is 10.7. The summed E-state index contributed by atoms with van der Waals surface area (Å²) in [7, 11) is 1.54. The maximum atomic E-state index is 13.5. The van der Waals surface area contributed by atoms with Crippen LogP contribution >= 0.6 is 0 Å². The van der Waals surface area contributed by atoms with Crippen LogP contribution in [0, 0.1) is 13.8 Å². The van der Waals surface area contributed by atoms with Gasteiger partial charge in [0, 0.05) is 51.6 Å². The van der Waals surface area contributed by atoms with Gasteiger partial charge in [-0.3, -0.25) is 9.78 Å². The summed E-state index contributed by atoms with van der Waals surface area (Å²) >= 11 is 0. The normalized spacial score (nSPS) is 18.2. The highest BCUT2D eigenvalue weighted by Crippen LogP contribution is 2.44. The molecule has 3 aromatic rings. The van der Waals surface area contributed by atoms with E-state index in [0.29, 0.717) is 13.0 Å². The molecule has 6 rings (SSSR count). The smallest absolute Gasteiger partial charge is 0.169 e. The molecular weight excluding hydrogens is 512 g/mol. The highest BCUT2D eigenvalue weighted by atomic mass is 17.2. The van der Waals surface area contributed by atoms with Crippen LogP contribution in [-0.4, -0.2) is 39.4 Å². The summed E-state index contributed by atoms with van der Waals surface area (Å²) < 4.78 is 0. The molecule has 2 aliphatic heterocycles. The van der Waals surface area contributed by atoms with Crippen LogP contribution in [-0.2, 0) is 22.6 Å². The molecule has 3 aliphatic rings. The third kappa shape index (κ3) is 4.46.